The molecule has 1 aromatic carbocycles. The Bertz CT molecular complexity index is 670. The summed E-state index contributed by atoms with van der Waals surface area (Å²) < 4.78 is 0. The minimum atomic E-state index is 0.403. The van der Waals surface area contributed by atoms with Gasteiger partial charge < -0.3 is 10.2 Å². The zero-order chi connectivity index (χ0) is 14.7. The van der Waals surface area contributed by atoms with Crippen molar-refractivity contribution >= 4 is 16.6 Å². The molecule has 1 saturated heterocycles. The summed E-state index contributed by atoms with van der Waals surface area (Å²) >= 11 is 0. The summed E-state index contributed by atoms with van der Waals surface area (Å²) in [4.78, 5) is 2.16. The van der Waals surface area contributed by atoms with Gasteiger partial charge in [-0.2, -0.15) is 5.26 Å². The van der Waals surface area contributed by atoms with E-state index in [4.69, 9.17) is 0 Å². The summed E-state index contributed by atoms with van der Waals surface area (Å²) in [6, 6.07) is 10.0. The molecule has 0 spiro atoms. The van der Waals surface area contributed by atoms with Gasteiger partial charge in [0.05, 0.1) is 11.2 Å². The van der Waals surface area contributed by atoms with Gasteiger partial charge in [-0.3, -0.25) is 0 Å². The maximum atomic E-state index is 9.34. The third-order valence-electron chi connectivity index (χ3n) is 4.06. The van der Waals surface area contributed by atoms with Crippen molar-refractivity contribution in [2.45, 2.75) is 12.8 Å². The molecule has 0 radical (unpaired) electrons. The van der Waals surface area contributed by atoms with Crippen molar-refractivity contribution in [3.8, 4) is 6.07 Å². The van der Waals surface area contributed by atoms with Crippen LogP contribution in [0.5, 0.6) is 0 Å². The van der Waals surface area contributed by atoms with E-state index in [9.17, 15) is 5.26 Å². The maximum absolute atomic E-state index is 9.34. The first kappa shape index (κ1) is 13.8. The van der Waals surface area contributed by atoms with E-state index >= 15 is 0 Å². The van der Waals surface area contributed by atoms with Crippen LogP contribution in [-0.2, 0) is 0 Å². The van der Waals surface area contributed by atoms with E-state index in [2.05, 4.69) is 26.5 Å². The number of rotatable bonds is 3. The first-order chi connectivity index (χ1) is 10.3. The van der Waals surface area contributed by atoms with Crippen LogP contribution in [0.1, 0.15) is 18.5 Å². The van der Waals surface area contributed by atoms with E-state index in [1.54, 1.807) is 0 Å². The average Bonchev–Trinajstić information content (AvgIpc) is 2.54. The highest BCUT2D eigenvalue weighted by molar-refractivity contribution is 5.93. The van der Waals surface area contributed by atoms with Crippen LogP contribution in [0.4, 0.5) is 5.69 Å². The lowest BCUT2D eigenvalue weighted by atomic mass is 9.98. The molecule has 0 bridgehead atoms. The van der Waals surface area contributed by atoms with Crippen molar-refractivity contribution in [2.24, 2.45) is 5.92 Å². The van der Waals surface area contributed by atoms with E-state index in [0.717, 1.165) is 36.2 Å². The number of aromatic nitrogens is 2. The van der Waals surface area contributed by atoms with Crippen LogP contribution in [0.2, 0.25) is 0 Å². The molecule has 1 N–H and O–H groups in total. The molecule has 1 aromatic heterocycles. The van der Waals surface area contributed by atoms with E-state index in [-0.39, 0.29) is 0 Å². The SMILES string of the molecule is CN(CC1CCCNC1)c1c(C#N)nnc2ccccc12. The molecule has 1 aliphatic rings. The van der Waals surface area contributed by atoms with Crippen molar-refractivity contribution in [1.29, 1.82) is 5.26 Å². The zero-order valence-electron chi connectivity index (χ0n) is 12.2. The molecule has 3 rings (SSSR count). The van der Waals surface area contributed by atoms with Gasteiger partial charge in [-0.25, -0.2) is 0 Å². The topological polar surface area (TPSA) is 64.8 Å². The van der Waals surface area contributed by atoms with Crippen molar-refractivity contribution < 1.29 is 0 Å². The van der Waals surface area contributed by atoms with Crippen molar-refractivity contribution in [3.63, 3.8) is 0 Å². The molecule has 1 unspecified atom stereocenters. The first-order valence-corrected chi connectivity index (χ1v) is 7.37. The molecule has 2 heterocycles. The van der Waals surface area contributed by atoms with Gasteiger partial charge in [0, 0.05) is 19.0 Å². The van der Waals surface area contributed by atoms with Gasteiger partial charge in [-0.1, -0.05) is 18.2 Å². The molecule has 1 atom stereocenters. The Morgan fingerprint density at radius 2 is 2.24 bits per heavy atom. The Kier molecular flexibility index (Phi) is 3.98. The Hall–Kier alpha value is -2.19. The number of anilines is 1. The fourth-order valence-corrected chi connectivity index (χ4v) is 3.06. The predicted octanol–water partition coefficient (Wildman–Crippen LogP) is 1.94. The summed E-state index contributed by atoms with van der Waals surface area (Å²) in [5, 5.41) is 22.0. The highest BCUT2D eigenvalue weighted by Gasteiger charge is 2.19. The minimum absolute atomic E-state index is 0.403. The normalized spacial score (nSPS) is 18.4. The van der Waals surface area contributed by atoms with Crippen LogP contribution in [0.15, 0.2) is 24.3 Å². The molecule has 1 aliphatic heterocycles. The Morgan fingerprint density at radius 3 is 3.00 bits per heavy atom. The van der Waals surface area contributed by atoms with E-state index < -0.39 is 0 Å². The molecule has 0 amide bonds. The van der Waals surface area contributed by atoms with E-state index in [0.29, 0.717) is 11.6 Å². The molecule has 1 fully saturated rings. The molecular weight excluding hydrogens is 262 g/mol. The summed E-state index contributed by atoms with van der Waals surface area (Å²) in [6.07, 6.45) is 2.45. The summed E-state index contributed by atoms with van der Waals surface area (Å²) in [5.74, 6) is 0.613. The molecule has 2 aromatic rings. The van der Waals surface area contributed by atoms with Crippen LogP contribution in [-0.4, -0.2) is 36.9 Å². The van der Waals surface area contributed by atoms with Crippen LogP contribution >= 0.6 is 0 Å². The number of nitrogens with zero attached hydrogens (tertiary/aromatic N) is 4. The number of nitriles is 1. The highest BCUT2D eigenvalue weighted by atomic mass is 15.2. The summed E-state index contributed by atoms with van der Waals surface area (Å²) in [5.41, 5.74) is 2.13. The largest absolute Gasteiger partial charge is 0.371 e. The van der Waals surface area contributed by atoms with Gasteiger partial charge in [-0.15, -0.1) is 10.2 Å². The first-order valence-electron chi connectivity index (χ1n) is 7.37. The number of piperidine rings is 1. The molecule has 21 heavy (non-hydrogen) atoms. The van der Waals surface area contributed by atoms with Gasteiger partial charge in [-0.05, 0) is 37.9 Å². The third kappa shape index (κ3) is 2.81. The average molecular weight is 281 g/mol. The lowest BCUT2D eigenvalue weighted by molar-refractivity contribution is 0.381. The lowest BCUT2D eigenvalue weighted by Crippen LogP contribution is -2.37. The van der Waals surface area contributed by atoms with Crippen LogP contribution < -0.4 is 10.2 Å². The number of nitrogens with one attached hydrogen (secondary N) is 1. The highest BCUT2D eigenvalue weighted by Crippen LogP contribution is 2.28. The Morgan fingerprint density at radius 1 is 1.38 bits per heavy atom. The zero-order valence-corrected chi connectivity index (χ0v) is 12.2. The number of hydrogen-bond donors (Lipinski definition) is 1. The third-order valence-corrected chi connectivity index (χ3v) is 4.06. The molecule has 0 saturated carbocycles. The second-order valence-corrected chi connectivity index (χ2v) is 5.62. The number of fused-ring (bicyclic) bond motifs is 1. The summed E-state index contributed by atoms with van der Waals surface area (Å²) in [6.45, 7) is 3.09. The van der Waals surface area contributed by atoms with Crippen LogP contribution in [0, 0.1) is 17.2 Å². The molecule has 0 aliphatic carbocycles. The molecular formula is C16H19N5. The lowest BCUT2D eigenvalue weighted by Gasteiger charge is -2.29. The van der Waals surface area contributed by atoms with E-state index in [1.807, 2.05) is 31.3 Å². The van der Waals surface area contributed by atoms with Gasteiger partial charge in [0.15, 0.2) is 5.69 Å². The summed E-state index contributed by atoms with van der Waals surface area (Å²) in [7, 11) is 2.04. The van der Waals surface area contributed by atoms with Gasteiger partial charge >= 0.3 is 0 Å². The second kappa shape index (κ2) is 6.06. The molecule has 108 valence electrons. The van der Waals surface area contributed by atoms with Crippen molar-refractivity contribution in [1.82, 2.24) is 15.5 Å². The van der Waals surface area contributed by atoms with E-state index in [1.165, 1.54) is 12.8 Å². The van der Waals surface area contributed by atoms with Gasteiger partial charge in [0.2, 0.25) is 0 Å². The number of hydrogen-bond acceptors (Lipinski definition) is 5. The fourth-order valence-electron chi connectivity index (χ4n) is 3.06. The fraction of sp³-hybridized carbons (Fsp3) is 0.438. The smallest absolute Gasteiger partial charge is 0.186 e. The van der Waals surface area contributed by atoms with Crippen LogP contribution in [0.25, 0.3) is 10.9 Å². The van der Waals surface area contributed by atoms with Gasteiger partial charge in [0.1, 0.15) is 6.07 Å². The van der Waals surface area contributed by atoms with Crippen molar-refractivity contribution in [3.05, 3.63) is 30.0 Å². The second-order valence-electron chi connectivity index (χ2n) is 5.62. The van der Waals surface area contributed by atoms with Gasteiger partial charge in [0.25, 0.3) is 0 Å². The number of benzene rings is 1. The minimum Gasteiger partial charge on any atom is -0.371 e. The monoisotopic (exact) mass is 281 g/mol. The molecule has 5 heteroatoms. The molecule has 5 nitrogen and oxygen atoms in total. The Balaban J connectivity index is 1.95. The van der Waals surface area contributed by atoms with Crippen molar-refractivity contribution in [2.75, 3.05) is 31.6 Å². The Labute approximate surface area is 124 Å². The predicted molar refractivity (Wildman–Crippen MR) is 83.1 cm³/mol. The maximum Gasteiger partial charge on any atom is 0.186 e. The standard InChI is InChI=1S/C16H19N5/c1-21(11-12-5-4-8-18-10-12)16-13-6-2-3-7-14(13)19-20-15(16)9-17/h2-3,6-7,12,18H,4-5,8,10-11H2,1H3. The van der Waals surface area contributed by atoms with Crippen LogP contribution in [0.3, 0.4) is 0 Å². The quantitative estimate of drug-likeness (QED) is 0.931.